The summed E-state index contributed by atoms with van der Waals surface area (Å²) < 4.78 is 5.37. The quantitative estimate of drug-likeness (QED) is 0.862. The van der Waals surface area contributed by atoms with Crippen molar-refractivity contribution in [2.24, 2.45) is 0 Å². The lowest BCUT2D eigenvalue weighted by Gasteiger charge is -2.10. The van der Waals surface area contributed by atoms with E-state index in [4.69, 9.17) is 21.4 Å². The molecule has 0 amide bonds. The zero-order chi connectivity index (χ0) is 13.0. The highest BCUT2D eigenvalue weighted by atomic mass is 35.5. The second-order valence-corrected chi connectivity index (χ2v) is 4.14. The molecule has 18 heavy (non-hydrogen) atoms. The van der Waals surface area contributed by atoms with E-state index in [0.29, 0.717) is 16.6 Å². The van der Waals surface area contributed by atoms with Gasteiger partial charge in [-0.05, 0) is 12.5 Å². The molecule has 94 valence electrons. The smallest absolute Gasteiger partial charge is 0.226 e. The fourth-order valence-electron chi connectivity index (χ4n) is 1.56. The van der Waals surface area contributed by atoms with E-state index in [2.05, 4.69) is 9.97 Å². The van der Waals surface area contributed by atoms with Crippen LogP contribution in [0.1, 0.15) is 5.56 Å². The summed E-state index contributed by atoms with van der Waals surface area (Å²) in [6, 6.07) is 7.83. The summed E-state index contributed by atoms with van der Waals surface area (Å²) in [7, 11) is 0. The van der Waals surface area contributed by atoms with Gasteiger partial charge in [-0.1, -0.05) is 41.4 Å². The number of halogens is 1. The standard InChI is InChI=1S/C13H13ClN2O2/c1-9-2-4-10(5-3-9)11-12(14)15-8-16-13(11)18-7-6-17/h2-5,8,17H,6-7H2,1H3. The van der Waals surface area contributed by atoms with E-state index in [-0.39, 0.29) is 13.2 Å². The molecule has 0 aliphatic rings. The number of hydrogen-bond acceptors (Lipinski definition) is 4. The molecule has 2 rings (SSSR count). The first-order valence-electron chi connectivity index (χ1n) is 5.53. The van der Waals surface area contributed by atoms with Crippen molar-refractivity contribution in [2.45, 2.75) is 6.92 Å². The molecule has 0 bridgehead atoms. The number of aliphatic hydroxyl groups is 1. The molecule has 1 heterocycles. The molecule has 1 N–H and O–H groups in total. The van der Waals surface area contributed by atoms with Crippen LogP contribution < -0.4 is 4.74 Å². The Kier molecular flexibility index (Phi) is 4.12. The monoisotopic (exact) mass is 264 g/mol. The lowest BCUT2D eigenvalue weighted by molar-refractivity contribution is 0.197. The third-order valence-corrected chi connectivity index (χ3v) is 2.72. The van der Waals surface area contributed by atoms with Gasteiger partial charge < -0.3 is 9.84 Å². The zero-order valence-corrected chi connectivity index (χ0v) is 10.7. The SMILES string of the molecule is Cc1ccc(-c2c(Cl)ncnc2OCCO)cc1. The maximum Gasteiger partial charge on any atom is 0.226 e. The number of nitrogens with zero attached hydrogens (tertiary/aromatic N) is 2. The van der Waals surface area contributed by atoms with Crippen molar-refractivity contribution >= 4 is 11.6 Å². The second-order valence-electron chi connectivity index (χ2n) is 3.78. The Balaban J connectivity index is 2.44. The Hall–Kier alpha value is -1.65. The molecule has 1 aromatic heterocycles. The van der Waals surface area contributed by atoms with Gasteiger partial charge in [0.05, 0.1) is 12.2 Å². The molecule has 0 aliphatic carbocycles. The van der Waals surface area contributed by atoms with E-state index >= 15 is 0 Å². The lowest BCUT2D eigenvalue weighted by atomic mass is 10.1. The first-order valence-corrected chi connectivity index (χ1v) is 5.91. The molecule has 0 atom stereocenters. The predicted octanol–water partition coefficient (Wildman–Crippen LogP) is 2.48. The van der Waals surface area contributed by atoms with Gasteiger partial charge in [0.15, 0.2) is 0 Å². The average Bonchev–Trinajstić information content (AvgIpc) is 2.38. The van der Waals surface area contributed by atoms with Gasteiger partial charge in [0.25, 0.3) is 0 Å². The van der Waals surface area contributed by atoms with Gasteiger partial charge in [-0.2, -0.15) is 0 Å². The highest BCUT2D eigenvalue weighted by Gasteiger charge is 2.13. The molecule has 0 saturated heterocycles. The Bertz CT molecular complexity index is 529. The van der Waals surface area contributed by atoms with Crippen LogP contribution in [-0.2, 0) is 0 Å². The first-order chi connectivity index (χ1) is 8.72. The second kappa shape index (κ2) is 5.80. The summed E-state index contributed by atoms with van der Waals surface area (Å²) in [4.78, 5) is 8.01. The maximum atomic E-state index is 8.79. The van der Waals surface area contributed by atoms with Crippen LogP contribution in [0.2, 0.25) is 5.15 Å². The van der Waals surface area contributed by atoms with Gasteiger partial charge in [-0.15, -0.1) is 0 Å². The Morgan fingerprint density at radius 1 is 1.22 bits per heavy atom. The Labute approximate surface area is 110 Å². The Morgan fingerprint density at radius 2 is 1.94 bits per heavy atom. The van der Waals surface area contributed by atoms with E-state index in [9.17, 15) is 0 Å². The van der Waals surface area contributed by atoms with E-state index in [0.717, 1.165) is 11.1 Å². The number of ether oxygens (including phenoxy) is 1. The number of aromatic nitrogens is 2. The summed E-state index contributed by atoms with van der Waals surface area (Å²) in [5.74, 6) is 0.382. The maximum absolute atomic E-state index is 8.79. The predicted molar refractivity (Wildman–Crippen MR) is 69.8 cm³/mol. The zero-order valence-electron chi connectivity index (χ0n) is 9.93. The molecule has 5 heteroatoms. The van der Waals surface area contributed by atoms with Crippen LogP contribution in [-0.4, -0.2) is 28.3 Å². The minimum absolute atomic E-state index is 0.0744. The first kappa shape index (κ1) is 12.8. The highest BCUT2D eigenvalue weighted by molar-refractivity contribution is 6.32. The largest absolute Gasteiger partial charge is 0.475 e. The molecule has 0 unspecified atom stereocenters. The molecule has 0 spiro atoms. The third-order valence-electron chi connectivity index (χ3n) is 2.44. The van der Waals surface area contributed by atoms with Crippen LogP contribution >= 0.6 is 11.6 Å². The van der Waals surface area contributed by atoms with Crippen molar-refractivity contribution < 1.29 is 9.84 Å². The molecule has 0 radical (unpaired) electrons. The fraction of sp³-hybridized carbons (Fsp3) is 0.231. The van der Waals surface area contributed by atoms with Crippen molar-refractivity contribution in [3.05, 3.63) is 41.3 Å². The molecular weight excluding hydrogens is 252 g/mol. The van der Waals surface area contributed by atoms with Crippen LogP contribution in [0.15, 0.2) is 30.6 Å². The van der Waals surface area contributed by atoms with Gasteiger partial charge in [0.2, 0.25) is 5.88 Å². The average molecular weight is 265 g/mol. The molecule has 0 fully saturated rings. The van der Waals surface area contributed by atoms with Crippen molar-refractivity contribution in [3.8, 4) is 17.0 Å². The van der Waals surface area contributed by atoms with Gasteiger partial charge in [-0.25, -0.2) is 9.97 Å². The number of benzene rings is 1. The molecule has 4 nitrogen and oxygen atoms in total. The minimum Gasteiger partial charge on any atom is -0.475 e. The van der Waals surface area contributed by atoms with Crippen molar-refractivity contribution in [1.29, 1.82) is 0 Å². The van der Waals surface area contributed by atoms with Gasteiger partial charge >= 0.3 is 0 Å². The van der Waals surface area contributed by atoms with Gasteiger partial charge in [0.1, 0.15) is 18.1 Å². The Morgan fingerprint density at radius 3 is 2.61 bits per heavy atom. The molecule has 1 aromatic carbocycles. The van der Waals surface area contributed by atoms with Gasteiger partial charge in [0, 0.05) is 0 Å². The van der Waals surface area contributed by atoms with Crippen molar-refractivity contribution in [3.63, 3.8) is 0 Å². The van der Waals surface area contributed by atoms with Crippen molar-refractivity contribution in [2.75, 3.05) is 13.2 Å². The fourth-order valence-corrected chi connectivity index (χ4v) is 1.80. The van der Waals surface area contributed by atoms with E-state index < -0.39 is 0 Å². The van der Waals surface area contributed by atoms with Crippen LogP contribution in [0.5, 0.6) is 5.88 Å². The van der Waals surface area contributed by atoms with E-state index in [1.165, 1.54) is 6.33 Å². The molecule has 2 aromatic rings. The number of hydrogen-bond donors (Lipinski definition) is 1. The molecule has 0 saturated carbocycles. The molecular formula is C13H13ClN2O2. The van der Waals surface area contributed by atoms with Crippen LogP contribution in [0, 0.1) is 6.92 Å². The summed E-state index contributed by atoms with van der Waals surface area (Å²) in [5.41, 5.74) is 2.69. The van der Waals surface area contributed by atoms with Crippen LogP contribution in [0.25, 0.3) is 11.1 Å². The van der Waals surface area contributed by atoms with E-state index in [1.807, 2.05) is 31.2 Å². The molecule has 0 aliphatic heterocycles. The lowest BCUT2D eigenvalue weighted by Crippen LogP contribution is -2.05. The summed E-state index contributed by atoms with van der Waals surface area (Å²) >= 11 is 6.09. The minimum atomic E-state index is -0.0744. The van der Waals surface area contributed by atoms with Crippen LogP contribution in [0.4, 0.5) is 0 Å². The summed E-state index contributed by atoms with van der Waals surface area (Å²) in [5, 5.41) is 9.13. The topological polar surface area (TPSA) is 55.2 Å². The van der Waals surface area contributed by atoms with Crippen molar-refractivity contribution in [1.82, 2.24) is 9.97 Å². The number of rotatable bonds is 4. The van der Waals surface area contributed by atoms with E-state index in [1.54, 1.807) is 0 Å². The normalized spacial score (nSPS) is 10.4. The summed E-state index contributed by atoms with van der Waals surface area (Å²) in [6.45, 7) is 2.11. The third kappa shape index (κ3) is 2.78. The number of aliphatic hydroxyl groups excluding tert-OH is 1. The summed E-state index contributed by atoms with van der Waals surface area (Å²) in [6.07, 6.45) is 1.34. The van der Waals surface area contributed by atoms with Gasteiger partial charge in [-0.3, -0.25) is 0 Å². The highest BCUT2D eigenvalue weighted by Crippen LogP contribution is 2.33. The van der Waals surface area contributed by atoms with Crippen LogP contribution in [0.3, 0.4) is 0 Å². The number of aryl methyl sites for hydroxylation is 1.